The summed E-state index contributed by atoms with van der Waals surface area (Å²) >= 11 is 3.47. The van der Waals surface area contributed by atoms with Gasteiger partial charge in [0.25, 0.3) is 0 Å². The molecule has 0 saturated heterocycles. The highest BCUT2D eigenvalue weighted by molar-refractivity contribution is 9.10. The van der Waals surface area contributed by atoms with Crippen LogP contribution in [0.1, 0.15) is 24.1 Å². The van der Waals surface area contributed by atoms with Crippen LogP contribution in [0.5, 0.6) is 0 Å². The molecule has 19 heavy (non-hydrogen) atoms. The molecule has 0 bridgehead atoms. The second kappa shape index (κ2) is 5.52. The summed E-state index contributed by atoms with van der Waals surface area (Å²) in [5, 5.41) is 6.89. The number of nitrogens with zero attached hydrogens (tertiary/aromatic N) is 3. The summed E-state index contributed by atoms with van der Waals surface area (Å²) in [6.07, 6.45) is 2.94. The van der Waals surface area contributed by atoms with Gasteiger partial charge in [-0.25, -0.2) is 9.67 Å². The van der Waals surface area contributed by atoms with Crippen LogP contribution in [0.15, 0.2) is 29.3 Å². The van der Waals surface area contributed by atoms with E-state index >= 15 is 0 Å². The predicted octanol–water partition coefficient (Wildman–Crippen LogP) is 2.86. The van der Waals surface area contributed by atoms with Gasteiger partial charge in [-0.3, -0.25) is 4.79 Å². The fourth-order valence-electron chi connectivity index (χ4n) is 1.84. The molecule has 5 nitrogen and oxygen atoms in total. The summed E-state index contributed by atoms with van der Waals surface area (Å²) in [5.41, 5.74) is 2.96. The third-order valence-corrected chi connectivity index (χ3v) is 3.52. The molecule has 0 fully saturated rings. The molecule has 1 atom stereocenters. The van der Waals surface area contributed by atoms with E-state index in [-0.39, 0.29) is 5.91 Å². The Labute approximate surface area is 120 Å². The molecule has 1 N–H and O–H groups in total. The van der Waals surface area contributed by atoms with Crippen LogP contribution in [0.4, 0.5) is 5.69 Å². The zero-order chi connectivity index (χ0) is 14.0. The largest absolute Gasteiger partial charge is 0.323 e. The first-order valence-electron chi connectivity index (χ1n) is 5.90. The topological polar surface area (TPSA) is 59.8 Å². The number of halogens is 1. The summed E-state index contributed by atoms with van der Waals surface area (Å²) in [5.74, 6) is -0.127. The second-order valence-corrected chi connectivity index (χ2v) is 5.33. The van der Waals surface area contributed by atoms with Crippen molar-refractivity contribution >= 4 is 27.5 Å². The standard InChI is InChI=1S/C13H15BrN4O/c1-8-4-9(2)12(11(14)5-8)17-13(19)10(3)18-7-15-6-16-18/h4-7,10H,1-3H3,(H,17,19). The van der Waals surface area contributed by atoms with Crippen molar-refractivity contribution in [2.24, 2.45) is 0 Å². The van der Waals surface area contributed by atoms with Crippen LogP contribution in [0, 0.1) is 13.8 Å². The minimum atomic E-state index is -0.407. The lowest BCUT2D eigenvalue weighted by Gasteiger charge is -2.15. The van der Waals surface area contributed by atoms with Crippen molar-refractivity contribution in [2.75, 3.05) is 5.32 Å². The summed E-state index contributed by atoms with van der Waals surface area (Å²) in [6, 6.07) is 3.60. The highest BCUT2D eigenvalue weighted by Gasteiger charge is 2.17. The summed E-state index contributed by atoms with van der Waals surface area (Å²) < 4.78 is 2.40. The Kier molecular flexibility index (Phi) is 3.99. The molecule has 1 unspecified atom stereocenters. The van der Waals surface area contributed by atoms with E-state index in [1.807, 2.05) is 26.0 Å². The first-order valence-corrected chi connectivity index (χ1v) is 6.70. The lowest BCUT2D eigenvalue weighted by atomic mass is 10.1. The summed E-state index contributed by atoms with van der Waals surface area (Å²) in [4.78, 5) is 16.0. The minimum absolute atomic E-state index is 0.127. The summed E-state index contributed by atoms with van der Waals surface area (Å²) in [7, 11) is 0. The molecule has 1 heterocycles. The van der Waals surface area contributed by atoms with Gasteiger partial charge in [-0.1, -0.05) is 6.07 Å². The maximum atomic E-state index is 12.2. The van der Waals surface area contributed by atoms with E-state index in [0.717, 1.165) is 21.3 Å². The number of benzene rings is 1. The first kappa shape index (κ1) is 13.7. The average Bonchev–Trinajstić information content (AvgIpc) is 2.86. The molecule has 0 saturated carbocycles. The smallest absolute Gasteiger partial charge is 0.249 e. The van der Waals surface area contributed by atoms with Crippen LogP contribution in [-0.2, 0) is 4.79 Å². The van der Waals surface area contributed by atoms with Crippen molar-refractivity contribution in [3.63, 3.8) is 0 Å². The van der Waals surface area contributed by atoms with Gasteiger partial charge in [-0.15, -0.1) is 0 Å². The van der Waals surface area contributed by atoms with Gasteiger partial charge in [0.15, 0.2) is 0 Å². The average molecular weight is 323 g/mol. The number of amides is 1. The van der Waals surface area contributed by atoms with E-state index in [1.165, 1.54) is 17.3 Å². The van der Waals surface area contributed by atoms with E-state index in [4.69, 9.17) is 0 Å². The van der Waals surface area contributed by atoms with Gasteiger partial charge in [0.1, 0.15) is 18.7 Å². The molecule has 1 amide bonds. The van der Waals surface area contributed by atoms with Crippen molar-refractivity contribution in [3.05, 3.63) is 40.4 Å². The summed E-state index contributed by atoms with van der Waals surface area (Å²) in [6.45, 7) is 5.76. The maximum absolute atomic E-state index is 12.2. The van der Waals surface area contributed by atoms with Gasteiger partial charge in [-0.05, 0) is 53.9 Å². The van der Waals surface area contributed by atoms with Crippen molar-refractivity contribution in [1.82, 2.24) is 14.8 Å². The van der Waals surface area contributed by atoms with Gasteiger partial charge in [-0.2, -0.15) is 5.10 Å². The number of aryl methyl sites for hydroxylation is 2. The number of rotatable bonds is 3. The third-order valence-electron chi connectivity index (χ3n) is 2.89. The second-order valence-electron chi connectivity index (χ2n) is 4.48. The molecule has 0 spiro atoms. The van der Waals surface area contributed by atoms with E-state index in [0.29, 0.717) is 0 Å². The van der Waals surface area contributed by atoms with Crippen LogP contribution >= 0.6 is 15.9 Å². The van der Waals surface area contributed by atoms with Crippen molar-refractivity contribution in [3.8, 4) is 0 Å². The van der Waals surface area contributed by atoms with E-state index < -0.39 is 6.04 Å². The Balaban J connectivity index is 2.20. The quantitative estimate of drug-likeness (QED) is 0.945. The number of hydrogen-bond acceptors (Lipinski definition) is 3. The normalized spacial score (nSPS) is 12.2. The van der Waals surface area contributed by atoms with Gasteiger partial charge in [0.05, 0.1) is 5.69 Å². The minimum Gasteiger partial charge on any atom is -0.323 e. The lowest BCUT2D eigenvalue weighted by Crippen LogP contribution is -2.24. The van der Waals surface area contributed by atoms with Crippen LogP contribution < -0.4 is 5.32 Å². The Morgan fingerprint density at radius 3 is 2.74 bits per heavy atom. The molecule has 0 aliphatic carbocycles. The number of carbonyl (C=O) groups excluding carboxylic acids is 1. The number of carbonyl (C=O) groups is 1. The van der Waals surface area contributed by atoms with E-state index in [9.17, 15) is 4.79 Å². The maximum Gasteiger partial charge on any atom is 0.249 e. The molecular weight excluding hydrogens is 308 g/mol. The Bertz CT molecular complexity index is 572. The predicted molar refractivity (Wildman–Crippen MR) is 77.0 cm³/mol. The molecule has 0 aliphatic heterocycles. The molecule has 1 aromatic carbocycles. The van der Waals surface area contributed by atoms with Gasteiger partial charge in [0.2, 0.25) is 5.91 Å². The molecule has 100 valence electrons. The van der Waals surface area contributed by atoms with Crippen molar-refractivity contribution in [1.29, 1.82) is 0 Å². The highest BCUT2D eigenvalue weighted by Crippen LogP contribution is 2.28. The molecule has 2 rings (SSSR count). The molecule has 0 radical (unpaired) electrons. The van der Waals surface area contributed by atoms with Gasteiger partial charge < -0.3 is 5.32 Å². The molecule has 2 aromatic rings. The van der Waals surface area contributed by atoms with Crippen LogP contribution in [0.2, 0.25) is 0 Å². The van der Waals surface area contributed by atoms with Crippen molar-refractivity contribution < 1.29 is 4.79 Å². The number of hydrogen-bond donors (Lipinski definition) is 1. The Morgan fingerprint density at radius 1 is 1.42 bits per heavy atom. The molecular formula is C13H15BrN4O. The fourth-order valence-corrected chi connectivity index (χ4v) is 2.61. The zero-order valence-electron chi connectivity index (χ0n) is 11.0. The van der Waals surface area contributed by atoms with Crippen LogP contribution in [0.3, 0.4) is 0 Å². The molecule has 1 aromatic heterocycles. The Hall–Kier alpha value is -1.69. The van der Waals surface area contributed by atoms with Crippen molar-refractivity contribution in [2.45, 2.75) is 26.8 Å². The number of nitrogens with one attached hydrogen (secondary N) is 1. The SMILES string of the molecule is Cc1cc(C)c(NC(=O)C(C)n2cncn2)c(Br)c1. The molecule has 6 heteroatoms. The molecule has 0 aliphatic rings. The van der Waals surface area contributed by atoms with Gasteiger partial charge in [0, 0.05) is 4.47 Å². The van der Waals surface area contributed by atoms with Gasteiger partial charge >= 0.3 is 0 Å². The Morgan fingerprint density at radius 2 is 2.16 bits per heavy atom. The zero-order valence-corrected chi connectivity index (χ0v) is 12.6. The van der Waals surface area contributed by atoms with E-state index in [1.54, 1.807) is 6.92 Å². The highest BCUT2D eigenvalue weighted by atomic mass is 79.9. The third kappa shape index (κ3) is 3.01. The van der Waals surface area contributed by atoms with Crippen LogP contribution in [-0.4, -0.2) is 20.7 Å². The monoisotopic (exact) mass is 322 g/mol. The number of anilines is 1. The van der Waals surface area contributed by atoms with Crippen LogP contribution in [0.25, 0.3) is 0 Å². The first-order chi connectivity index (χ1) is 8.99. The fraction of sp³-hybridized carbons (Fsp3) is 0.308. The number of aromatic nitrogens is 3. The lowest BCUT2D eigenvalue weighted by molar-refractivity contribution is -0.119. The van der Waals surface area contributed by atoms with E-state index in [2.05, 4.69) is 31.3 Å².